The first-order valence-electron chi connectivity index (χ1n) is 5.96. The molecule has 0 bridgehead atoms. The van der Waals surface area contributed by atoms with Crippen LogP contribution in [0.5, 0.6) is 11.5 Å². The molecule has 0 aromatic heterocycles. The van der Waals surface area contributed by atoms with Crippen LogP contribution in [-0.4, -0.2) is 5.33 Å². The van der Waals surface area contributed by atoms with E-state index in [1.54, 1.807) is 12.1 Å². The Kier molecular flexibility index (Phi) is 5.63. The van der Waals surface area contributed by atoms with Gasteiger partial charge in [0.05, 0.1) is 16.1 Å². The molecule has 0 N–H and O–H groups in total. The lowest BCUT2D eigenvalue weighted by atomic mass is 10.1. The number of alkyl halides is 1. The van der Waals surface area contributed by atoms with E-state index in [-0.39, 0.29) is 5.75 Å². The van der Waals surface area contributed by atoms with Crippen molar-refractivity contribution < 1.29 is 9.13 Å². The molecule has 0 fully saturated rings. The van der Waals surface area contributed by atoms with Gasteiger partial charge in [0.2, 0.25) is 0 Å². The van der Waals surface area contributed by atoms with E-state index in [4.69, 9.17) is 21.6 Å². The first-order valence-corrected chi connectivity index (χ1v) is 8.25. The SMILES string of the molecule is N#Cc1cc(Cl)cc(Oc2c(Br)ccc(CCBr)c2F)c1. The van der Waals surface area contributed by atoms with Gasteiger partial charge in [0, 0.05) is 10.4 Å². The molecule has 0 saturated carbocycles. The van der Waals surface area contributed by atoms with E-state index >= 15 is 0 Å². The molecule has 0 spiro atoms. The standard InChI is InChI=1S/C15H9Br2ClFNO/c16-4-3-10-1-2-13(17)15(14(10)19)21-12-6-9(8-20)5-11(18)7-12/h1-2,5-7H,3-4H2. The number of nitrogens with zero attached hydrogens (tertiary/aromatic N) is 1. The van der Waals surface area contributed by atoms with Crippen LogP contribution < -0.4 is 4.74 Å². The van der Waals surface area contributed by atoms with E-state index in [2.05, 4.69) is 31.9 Å². The van der Waals surface area contributed by atoms with Gasteiger partial charge in [-0.15, -0.1) is 0 Å². The van der Waals surface area contributed by atoms with Crippen LogP contribution in [-0.2, 0) is 6.42 Å². The summed E-state index contributed by atoms with van der Waals surface area (Å²) in [5, 5.41) is 9.94. The van der Waals surface area contributed by atoms with Crippen molar-refractivity contribution in [3.8, 4) is 17.6 Å². The molecule has 0 heterocycles. The van der Waals surface area contributed by atoms with Gasteiger partial charge in [0.1, 0.15) is 5.75 Å². The Labute approximate surface area is 143 Å². The molecule has 0 aliphatic heterocycles. The van der Waals surface area contributed by atoms with Crippen molar-refractivity contribution in [3.63, 3.8) is 0 Å². The van der Waals surface area contributed by atoms with E-state index in [0.29, 0.717) is 38.1 Å². The quantitative estimate of drug-likeness (QED) is 0.567. The zero-order chi connectivity index (χ0) is 15.4. The van der Waals surface area contributed by atoms with Gasteiger partial charge in [-0.1, -0.05) is 33.6 Å². The minimum absolute atomic E-state index is 0.0830. The molecule has 0 radical (unpaired) electrons. The second kappa shape index (κ2) is 7.26. The van der Waals surface area contributed by atoms with Crippen LogP contribution in [0.4, 0.5) is 4.39 Å². The van der Waals surface area contributed by atoms with E-state index in [1.165, 1.54) is 18.2 Å². The molecule has 0 saturated heterocycles. The molecular formula is C15H9Br2ClFNO. The number of benzene rings is 2. The Balaban J connectivity index is 2.42. The molecule has 2 aromatic carbocycles. The van der Waals surface area contributed by atoms with Crippen molar-refractivity contribution in [2.75, 3.05) is 5.33 Å². The summed E-state index contributed by atoms with van der Waals surface area (Å²) >= 11 is 12.5. The molecule has 108 valence electrons. The van der Waals surface area contributed by atoms with Gasteiger partial charge < -0.3 is 4.74 Å². The van der Waals surface area contributed by atoms with Gasteiger partial charge in [-0.3, -0.25) is 0 Å². The second-order valence-corrected chi connectivity index (χ2v) is 6.26. The minimum Gasteiger partial charge on any atom is -0.453 e. The molecule has 6 heteroatoms. The monoisotopic (exact) mass is 431 g/mol. The van der Waals surface area contributed by atoms with Crippen LogP contribution in [0, 0.1) is 17.1 Å². The van der Waals surface area contributed by atoms with Crippen LogP contribution in [0.15, 0.2) is 34.8 Å². The Bertz CT molecular complexity index is 716. The van der Waals surface area contributed by atoms with Crippen LogP contribution in [0.25, 0.3) is 0 Å². The number of ether oxygens (including phenoxy) is 1. The molecule has 0 amide bonds. The first kappa shape index (κ1) is 16.3. The lowest BCUT2D eigenvalue weighted by Gasteiger charge is -2.12. The smallest absolute Gasteiger partial charge is 0.177 e. The molecule has 0 aliphatic carbocycles. The highest BCUT2D eigenvalue weighted by Gasteiger charge is 2.15. The van der Waals surface area contributed by atoms with Crippen LogP contribution in [0.1, 0.15) is 11.1 Å². The predicted molar refractivity (Wildman–Crippen MR) is 87.8 cm³/mol. The number of halogens is 4. The highest BCUT2D eigenvalue weighted by atomic mass is 79.9. The van der Waals surface area contributed by atoms with Gasteiger partial charge >= 0.3 is 0 Å². The molecule has 2 rings (SSSR count). The molecule has 21 heavy (non-hydrogen) atoms. The van der Waals surface area contributed by atoms with Gasteiger partial charge in [-0.25, -0.2) is 4.39 Å². The normalized spacial score (nSPS) is 10.2. The Morgan fingerprint density at radius 3 is 2.71 bits per heavy atom. The maximum atomic E-state index is 14.4. The average molecular weight is 434 g/mol. The topological polar surface area (TPSA) is 33.0 Å². The summed E-state index contributed by atoms with van der Waals surface area (Å²) in [5.41, 5.74) is 0.901. The number of nitriles is 1. The van der Waals surface area contributed by atoms with Gasteiger partial charge in [0.15, 0.2) is 11.6 Å². The molecular weight excluding hydrogens is 424 g/mol. The average Bonchev–Trinajstić information content (AvgIpc) is 2.46. The molecule has 0 aliphatic rings. The summed E-state index contributed by atoms with van der Waals surface area (Å²) in [4.78, 5) is 0. The molecule has 0 atom stereocenters. The number of hydrogen-bond acceptors (Lipinski definition) is 2. The van der Waals surface area contributed by atoms with Gasteiger partial charge in [-0.05, 0) is 52.2 Å². The van der Waals surface area contributed by atoms with Crippen molar-refractivity contribution in [3.05, 3.63) is 56.8 Å². The van der Waals surface area contributed by atoms with E-state index in [9.17, 15) is 4.39 Å². The fraction of sp³-hybridized carbons (Fsp3) is 0.133. The Hall–Kier alpha value is -1.09. The zero-order valence-electron chi connectivity index (χ0n) is 10.7. The maximum absolute atomic E-state index is 14.4. The van der Waals surface area contributed by atoms with Crippen LogP contribution in [0.3, 0.4) is 0 Å². The first-order chi connectivity index (χ1) is 10.0. The summed E-state index contributed by atoms with van der Waals surface area (Å²) in [6.45, 7) is 0. The largest absolute Gasteiger partial charge is 0.453 e. The summed E-state index contributed by atoms with van der Waals surface area (Å²) in [6, 6.07) is 9.96. The summed E-state index contributed by atoms with van der Waals surface area (Å²) in [6.07, 6.45) is 0.550. The van der Waals surface area contributed by atoms with Crippen molar-refractivity contribution in [2.45, 2.75) is 6.42 Å². The molecule has 0 unspecified atom stereocenters. The predicted octanol–water partition coefficient (Wildman–Crippen LogP) is 5.84. The Morgan fingerprint density at radius 1 is 1.29 bits per heavy atom. The fourth-order valence-corrected chi connectivity index (χ4v) is 2.81. The third kappa shape index (κ3) is 3.97. The van der Waals surface area contributed by atoms with Crippen molar-refractivity contribution in [2.24, 2.45) is 0 Å². The maximum Gasteiger partial charge on any atom is 0.177 e. The lowest BCUT2D eigenvalue weighted by Crippen LogP contribution is -1.97. The summed E-state index contributed by atoms with van der Waals surface area (Å²) in [7, 11) is 0. The lowest BCUT2D eigenvalue weighted by molar-refractivity contribution is 0.436. The molecule has 2 nitrogen and oxygen atoms in total. The van der Waals surface area contributed by atoms with Crippen molar-refractivity contribution >= 4 is 43.5 Å². The third-order valence-corrected chi connectivity index (χ3v) is 3.95. The van der Waals surface area contributed by atoms with Crippen molar-refractivity contribution in [1.29, 1.82) is 5.26 Å². The second-order valence-electron chi connectivity index (χ2n) is 4.18. The molecule has 2 aromatic rings. The van der Waals surface area contributed by atoms with E-state index in [1.807, 2.05) is 6.07 Å². The van der Waals surface area contributed by atoms with Crippen LogP contribution >= 0.6 is 43.5 Å². The number of aryl methyl sites for hydroxylation is 1. The fourth-order valence-electron chi connectivity index (χ4n) is 1.77. The number of hydrogen-bond donors (Lipinski definition) is 0. The summed E-state index contributed by atoms with van der Waals surface area (Å²) in [5.74, 6) is -0.0310. The Morgan fingerprint density at radius 2 is 2.05 bits per heavy atom. The minimum atomic E-state index is -0.428. The highest BCUT2D eigenvalue weighted by Crippen LogP contribution is 2.35. The van der Waals surface area contributed by atoms with Gasteiger partial charge in [-0.2, -0.15) is 5.26 Å². The zero-order valence-corrected chi connectivity index (χ0v) is 14.6. The van der Waals surface area contributed by atoms with E-state index in [0.717, 1.165) is 0 Å². The van der Waals surface area contributed by atoms with Crippen molar-refractivity contribution in [1.82, 2.24) is 0 Å². The van der Waals surface area contributed by atoms with E-state index < -0.39 is 5.82 Å². The highest BCUT2D eigenvalue weighted by molar-refractivity contribution is 9.10. The third-order valence-electron chi connectivity index (χ3n) is 2.71. The summed E-state index contributed by atoms with van der Waals surface area (Å²) < 4.78 is 20.5. The number of rotatable bonds is 4. The van der Waals surface area contributed by atoms with Crippen LogP contribution in [0.2, 0.25) is 5.02 Å². The van der Waals surface area contributed by atoms with Gasteiger partial charge in [0.25, 0.3) is 0 Å².